The van der Waals surface area contributed by atoms with E-state index in [9.17, 15) is 23.5 Å². The molecule has 1 atom stereocenters. The van der Waals surface area contributed by atoms with Crippen LogP contribution in [0.3, 0.4) is 0 Å². The quantitative estimate of drug-likeness (QED) is 0.596. The largest absolute Gasteiger partial charge is 0.419 e. The summed E-state index contributed by atoms with van der Waals surface area (Å²) in [7, 11) is 0. The summed E-state index contributed by atoms with van der Waals surface area (Å²) in [6.07, 6.45) is 2.56. The molecule has 1 unspecified atom stereocenters. The third-order valence-corrected chi connectivity index (χ3v) is 5.99. The lowest BCUT2D eigenvalue weighted by atomic mass is 10.0. The van der Waals surface area contributed by atoms with Crippen molar-refractivity contribution in [3.05, 3.63) is 60.4 Å². The van der Waals surface area contributed by atoms with Gasteiger partial charge < -0.3 is 14.7 Å². The highest BCUT2D eigenvalue weighted by Crippen LogP contribution is 2.39. The lowest BCUT2D eigenvalue weighted by molar-refractivity contribution is -0.117. The number of anilines is 2. The molecule has 0 saturated heterocycles. The van der Waals surface area contributed by atoms with Crippen LogP contribution in [0.4, 0.5) is 25.0 Å². The topological polar surface area (TPSA) is 87.9 Å². The van der Waals surface area contributed by atoms with Crippen molar-refractivity contribution in [2.75, 3.05) is 23.0 Å². The Morgan fingerprint density at radius 3 is 2.54 bits per heavy atom. The molecule has 2 heterocycles. The van der Waals surface area contributed by atoms with Gasteiger partial charge in [-0.05, 0) is 50.6 Å². The smallest absolute Gasteiger partial charge is 0.407 e. The number of fused-ring (bicyclic) bond motifs is 1. The molecule has 2 aromatic carbocycles. The molecule has 3 aromatic rings. The molecule has 1 aromatic heterocycles. The first-order chi connectivity index (χ1) is 16.5. The summed E-state index contributed by atoms with van der Waals surface area (Å²) in [5.41, 5.74) is 1.74. The number of aliphatic hydroxyl groups is 1. The van der Waals surface area contributed by atoms with Crippen molar-refractivity contribution >= 4 is 23.4 Å². The molecule has 0 fully saturated rings. The van der Waals surface area contributed by atoms with Crippen molar-refractivity contribution in [2.45, 2.75) is 39.3 Å². The summed E-state index contributed by atoms with van der Waals surface area (Å²) in [5.74, 6) is -2.38. The molecule has 1 aliphatic heterocycles. The van der Waals surface area contributed by atoms with E-state index in [1.54, 1.807) is 41.0 Å². The summed E-state index contributed by atoms with van der Waals surface area (Å²) < 4.78 is 34.3. The van der Waals surface area contributed by atoms with E-state index in [4.69, 9.17) is 4.74 Å². The van der Waals surface area contributed by atoms with Crippen LogP contribution < -0.4 is 14.5 Å². The maximum atomic E-state index is 14.1. The van der Waals surface area contributed by atoms with Gasteiger partial charge in [0, 0.05) is 31.3 Å². The number of carbonyl (C=O) groups is 2. The second kappa shape index (κ2) is 9.10. The SMILES string of the molecule is CC(=O)N1c2ccc(-c3cnn(C(C)(C)CO)c3)cc2N(C(=O)Oc2ccc(F)cc2F)CC1C. The molecule has 184 valence electrons. The van der Waals surface area contributed by atoms with Crippen LogP contribution in [0.5, 0.6) is 5.75 Å². The van der Waals surface area contributed by atoms with Gasteiger partial charge in [-0.2, -0.15) is 5.10 Å². The molecule has 0 bridgehead atoms. The summed E-state index contributed by atoms with van der Waals surface area (Å²) in [6, 6.07) is 7.58. The first-order valence-corrected chi connectivity index (χ1v) is 11.1. The Balaban J connectivity index is 1.74. The van der Waals surface area contributed by atoms with Crippen molar-refractivity contribution in [1.82, 2.24) is 9.78 Å². The predicted molar refractivity (Wildman–Crippen MR) is 126 cm³/mol. The minimum atomic E-state index is -0.998. The van der Waals surface area contributed by atoms with Gasteiger partial charge in [-0.15, -0.1) is 0 Å². The molecule has 1 N–H and O–H groups in total. The van der Waals surface area contributed by atoms with E-state index in [0.29, 0.717) is 23.0 Å². The van der Waals surface area contributed by atoms with Crippen LogP contribution in [-0.4, -0.2) is 46.1 Å². The van der Waals surface area contributed by atoms with Crippen LogP contribution in [0.1, 0.15) is 27.7 Å². The zero-order valence-corrected chi connectivity index (χ0v) is 19.8. The zero-order chi connectivity index (χ0) is 25.5. The van der Waals surface area contributed by atoms with Gasteiger partial charge in [-0.25, -0.2) is 13.6 Å². The average Bonchev–Trinajstić information content (AvgIpc) is 3.31. The van der Waals surface area contributed by atoms with E-state index < -0.39 is 29.0 Å². The molecule has 4 rings (SSSR count). The third kappa shape index (κ3) is 4.61. The van der Waals surface area contributed by atoms with Crippen molar-refractivity contribution in [1.29, 1.82) is 0 Å². The fourth-order valence-electron chi connectivity index (χ4n) is 4.04. The molecule has 8 nitrogen and oxygen atoms in total. The van der Waals surface area contributed by atoms with E-state index in [-0.39, 0.29) is 25.1 Å². The van der Waals surface area contributed by atoms with Gasteiger partial charge in [0.05, 0.1) is 35.8 Å². The van der Waals surface area contributed by atoms with Crippen LogP contribution in [0.2, 0.25) is 0 Å². The molecule has 0 aliphatic carbocycles. The normalized spacial score (nSPS) is 15.7. The summed E-state index contributed by atoms with van der Waals surface area (Å²) >= 11 is 0. The highest BCUT2D eigenvalue weighted by Gasteiger charge is 2.35. The van der Waals surface area contributed by atoms with Crippen LogP contribution in [0.25, 0.3) is 11.1 Å². The standard InChI is InChI=1S/C25H26F2N4O4/c1-15-12-29(24(34)35-23-8-6-19(26)10-20(23)27)22-9-17(5-7-21(22)31(15)16(2)33)18-11-28-30(13-18)25(3,4)14-32/h5-11,13,15,32H,12,14H2,1-4H3. The fraction of sp³-hybridized carbons (Fsp3) is 0.320. The van der Waals surface area contributed by atoms with E-state index in [1.165, 1.54) is 11.8 Å². The summed E-state index contributed by atoms with van der Waals surface area (Å²) in [5, 5.41) is 14.0. The molecule has 0 radical (unpaired) electrons. The number of halogens is 2. The van der Waals surface area contributed by atoms with Crippen LogP contribution in [0.15, 0.2) is 48.8 Å². The first-order valence-electron chi connectivity index (χ1n) is 11.1. The molecular weight excluding hydrogens is 458 g/mol. The molecule has 35 heavy (non-hydrogen) atoms. The Labute approximate surface area is 201 Å². The van der Waals surface area contributed by atoms with Gasteiger partial charge in [-0.1, -0.05) is 6.07 Å². The maximum absolute atomic E-state index is 14.1. The van der Waals surface area contributed by atoms with Crippen LogP contribution in [0, 0.1) is 11.6 Å². The first kappa shape index (κ1) is 24.3. The van der Waals surface area contributed by atoms with E-state index in [0.717, 1.165) is 17.7 Å². The fourth-order valence-corrected chi connectivity index (χ4v) is 4.04. The summed E-state index contributed by atoms with van der Waals surface area (Å²) in [4.78, 5) is 28.4. The Hall–Kier alpha value is -3.79. The average molecular weight is 485 g/mol. The van der Waals surface area contributed by atoms with Crippen molar-refractivity contribution in [3.63, 3.8) is 0 Å². The Bertz CT molecular complexity index is 1290. The van der Waals surface area contributed by atoms with Gasteiger partial charge in [0.2, 0.25) is 5.91 Å². The zero-order valence-electron chi connectivity index (χ0n) is 19.8. The number of hydrogen-bond donors (Lipinski definition) is 1. The highest BCUT2D eigenvalue weighted by atomic mass is 19.1. The van der Waals surface area contributed by atoms with Gasteiger partial charge in [-0.3, -0.25) is 14.4 Å². The van der Waals surface area contributed by atoms with E-state index in [1.807, 2.05) is 19.9 Å². The number of amides is 2. The highest BCUT2D eigenvalue weighted by molar-refractivity contribution is 6.03. The summed E-state index contributed by atoms with van der Waals surface area (Å²) in [6.45, 7) is 6.91. The number of nitrogens with zero attached hydrogens (tertiary/aromatic N) is 4. The van der Waals surface area contributed by atoms with Crippen molar-refractivity contribution in [3.8, 4) is 16.9 Å². The molecule has 2 amide bonds. The molecule has 10 heteroatoms. The van der Waals surface area contributed by atoms with Gasteiger partial charge >= 0.3 is 6.09 Å². The van der Waals surface area contributed by atoms with Gasteiger partial charge in [0.1, 0.15) is 5.82 Å². The predicted octanol–water partition coefficient (Wildman–Crippen LogP) is 4.32. The van der Waals surface area contributed by atoms with Crippen molar-refractivity contribution < 1.29 is 28.2 Å². The minimum absolute atomic E-state index is 0.106. The Morgan fingerprint density at radius 2 is 1.89 bits per heavy atom. The minimum Gasteiger partial charge on any atom is -0.407 e. The third-order valence-electron chi connectivity index (χ3n) is 5.99. The molecule has 1 aliphatic rings. The number of aliphatic hydroxyl groups excluding tert-OH is 1. The number of hydrogen-bond acceptors (Lipinski definition) is 5. The lowest BCUT2D eigenvalue weighted by Crippen LogP contribution is -2.52. The second-order valence-corrected chi connectivity index (χ2v) is 9.14. The molecular formula is C25H26F2N4O4. The monoisotopic (exact) mass is 484 g/mol. The number of rotatable bonds is 4. The number of ether oxygens (including phenoxy) is 1. The van der Waals surface area contributed by atoms with Crippen LogP contribution >= 0.6 is 0 Å². The Morgan fingerprint density at radius 1 is 1.14 bits per heavy atom. The Kier molecular flexibility index (Phi) is 6.33. The van der Waals surface area contributed by atoms with Gasteiger partial charge in [0.15, 0.2) is 11.6 Å². The number of benzene rings is 2. The maximum Gasteiger partial charge on any atom is 0.419 e. The number of carbonyl (C=O) groups excluding carboxylic acids is 2. The molecule has 0 saturated carbocycles. The van der Waals surface area contributed by atoms with Gasteiger partial charge in [0.25, 0.3) is 0 Å². The van der Waals surface area contributed by atoms with Crippen molar-refractivity contribution in [2.24, 2.45) is 0 Å². The molecule has 0 spiro atoms. The second-order valence-electron chi connectivity index (χ2n) is 9.14. The lowest BCUT2D eigenvalue weighted by Gasteiger charge is -2.40. The number of aromatic nitrogens is 2. The van der Waals surface area contributed by atoms with E-state index >= 15 is 0 Å². The van der Waals surface area contributed by atoms with Crippen LogP contribution in [-0.2, 0) is 10.3 Å². The van der Waals surface area contributed by atoms with E-state index in [2.05, 4.69) is 5.10 Å².